The van der Waals surface area contributed by atoms with E-state index < -0.39 is 0 Å². The van der Waals surface area contributed by atoms with Crippen LogP contribution in [0.25, 0.3) is 16.9 Å². The summed E-state index contributed by atoms with van der Waals surface area (Å²) in [4.78, 5) is 25.8. The average molecular weight is 393 g/mol. The predicted octanol–water partition coefficient (Wildman–Crippen LogP) is 2.84. The molecule has 1 aliphatic heterocycles. The highest BCUT2D eigenvalue weighted by molar-refractivity contribution is 5.95. The maximum Gasteiger partial charge on any atom is 0.253 e. The van der Waals surface area contributed by atoms with Crippen LogP contribution in [0.3, 0.4) is 0 Å². The first-order valence-electron chi connectivity index (χ1n) is 10.3. The summed E-state index contributed by atoms with van der Waals surface area (Å²) in [6.45, 7) is 6.91. The van der Waals surface area contributed by atoms with Crippen molar-refractivity contribution in [2.75, 3.05) is 31.1 Å². The lowest BCUT2D eigenvalue weighted by Crippen LogP contribution is -2.36. The molecule has 3 heterocycles. The molecule has 0 bridgehead atoms. The number of hydrogen-bond donors (Lipinski definition) is 1. The number of carbonyl (C=O) groups is 1. The molecule has 1 fully saturated rings. The number of fused-ring (bicyclic) bond motifs is 1. The van der Waals surface area contributed by atoms with E-state index in [0.717, 1.165) is 48.7 Å². The van der Waals surface area contributed by atoms with Crippen LogP contribution in [0.5, 0.6) is 0 Å². The van der Waals surface area contributed by atoms with Crippen molar-refractivity contribution in [1.82, 2.24) is 19.3 Å². The summed E-state index contributed by atoms with van der Waals surface area (Å²) >= 11 is 0. The topological polar surface area (TPSA) is 74.0 Å². The SMILES string of the molecule is CCN(CC)C(=O)c1cccc(-c2cnc3cncc(N4CCC(O)CC4)n23)c1. The van der Waals surface area contributed by atoms with E-state index in [-0.39, 0.29) is 12.0 Å². The van der Waals surface area contributed by atoms with Gasteiger partial charge in [0.2, 0.25) is 0 Å². The number of aliphatic hydroxyl groups is 1. The predicted molar refractivity (Wildman–Crippen MR) is 113 cm³/mol. The van der Waals surface area contributed by atoms with E-state index in [9.17, 15) is 9.90 Å². The number of imidazole rings is 1. The summed E-state index contributed by atoms with van der Waals surface area (Å²) in [5, 5.41) is 9.85. The van der Waals surface area contributed by atoms with Gasteiger partial charge in [0, 0.05) is 37.3 Å². The van der Waals surface area contributed by atoms with Gasteiger partial charge in [-0.05, 0) is 38.8 Å². The number of anilines is 1. The molecule has 0 unspecified atom stereocenters. The van der Waals surface area contributed by atoms with Crippen LogP contribution in [-0.2, 0) is 0 Å². The number of piperidine rings is 1. The second kappa shape index (κ2) is 8.21. The second-order valence-electron chi connectivity index (χ2n) is 7.38. The van der Waals surface area contributed by atoms with E-state index in [4.69, 9.17) is 0 Å². The van der Waals surface area contributed by atoms with Gasteiger partial charge in [0.05, 0.1) is 30.4 Å². The van der Waals surface area contributed by atoms with Crippen LogP contribution in [0.2, 0.25) is 0 Å². The zero-order chi connectivity index (χ0) is 20.4. The first-order valence-corrected chi connectivity index (χ1v) is 10.3. The molecule has 7 heteroatoms. The molecule has 4 rings (SSSR count). The van der Waals surface area contributed by atoms with E-state index in [0.29, 0.717) is 18.7 Å². The minimum atomic E-state index is -0.233. The zero-order valence-electron chi connectivity index (χ0n) is 17.0. The van der Waals surface area contributed by atoms with Crippen molar-refractivity contribution in [3.05, 3.63) is 48.4 Å². The van der Waals surface area contributed by atoms with E-state index in [2.05, 4.69) is 19.3 Å². The van der Waals surface area contributed by atoms with Gasteiger partial charge in [-0.1, -0.05) is 12.1 Å². The fourth-order valence-corrected chi connectivity index (χ4v) is 3.95. The van der Waals surface area contributed by atoms with Gasteiger partial charge in [-0.15, -0.1) is 0 Å². The molecule has 1 aliphatic rings. The van der Waals surface area contributed by atoms with Gasteiger partial charge >= 0.3 is 0 Å². The van der Waals surface area contributed by atoms with Crippen LogP contribution >= 0.6 is 0 Å². The number of rotatable bonds is 5. The molecule has 0 atom stereocenters. The Balaban J connectivity index is 1.75. The Kier molecular flexibility index (Phi) is 5.49. The Bertz CT molecular complexity index is 1000. The third-order valence-electron chi connectivity index (χ3n) is 5.64. The molecule has 1 saturated heterocycles. The Hall–Kier alpha value is -2.93. The maximum absolute atomic E-state index is 12.8. The zero-order valence-corrected chi connectivity index (χ0v) is 17.0. The first kappa shape index (κ1) is 19.4. The highest BCUT2D eigenvalue weighted by Gasteiger charge is 2.21. The van der Waals surface area contributed by atoms with Crippen molar-refractivity contribution >= 4 is 17.4 Å². The molecule has 0 radical (unpaired) electrons. The fourth-order valence-electron chi connectivity index (χ4n) is 3.95. The molecule has 0 spiro atoms. The van der Waals surface area contributed by atoms with Gasteiger partial charge in [0.25, 0.3) is 5.91 Å². The van der Waals surface area contributed by atoms with Gasteiger partial charge in [-0.2, -0.15) is 0 Å². The Morgan fingerprint density at radius 2 is 1.93 bits per heavy atom. The van der Waals surface area contributed by atoms with E-state index in [1.165, 1.54) is 0 Å². The van der Waals surface area contributed by atoms with Gasteiger partial charge < -0.3 is 14.9 Å². The van der Waals surface area contributed by atoms with E-state index in [1.54, 1.807) is 6.20 Å². The molecule has 1 aromatic carbocycles. The standard InChI is InChI=1S/C22H27N5O2/c1-3-25(4-2)22(29)17-7-5-6-16(12-17)19-13-24-20-14-23-15-21(27(19)20)26-10-8-18(28)9-11-26/h5-7,12-15,18,28H,3-4,8-11H2,1-2H3. The van der Waals surface area contributed by atoms with Crippen molar-refractivity contribution in [3.8, 4) is 11.3 Å². The molecule has 3 aromatic rings. The molecule has 1 N–H and O–H groups in total. The van der Waals surface area contributed by atoms with E-state index >= 15 is 0 Å². The van der Waals surface area contributed by atoms with Crippen molar-refractivity contribution < 1.29 is 9.90 Å². The normalized spacial score (nSPS) is 15.1. The monoisotopic (exact) mass is 393 g/mol. The third-order valence-corrected chi connectivity index (χ3v) is 5.64. The fraction of sp³-hybridized carbons (Fsp3) is 0.409. The molecule has 0 saturated carbocycles. The van der Waals surface area contributed by atoms with Crippen LogP contribution in [-0.4, -0.2) is 62.6 Å². The van der Waals surface area contributed by atoms with E-state index in [1.807, 2.05) is 55.4 Å². The number of carbonyl (C=O) groups excluding carboxylic acids is 1. The number of hydrogen-bond acceptors (Lipinski definition) is 5. The molecule has 0 aliphatic carbocycles. The first-order chi connectivity index (χ1) is 14.1. The molecular weight excluding hydrogens is 366 g/mol. The van der Waals surface area contributed by atoms with Crippen molar-refractivity contribution in [2.24, 2.45) is 0 Å². The van der Waals surface area contributed by atoms with Crippen LogP contribution in [0.1, 0.15) is 37.0 Å². The van der Waals surface area contributed by atoms with Gasteiger partial charge in [0.15, 0.2) is 5.65 Å². The number of benzene rings is 1. The molecule has 29 heavy (non-hydrogen) atoms. The van der Waals surface area contributed by atoms with Crippen LogP contribution in [0, 0.1) is 0 Å². The minimum Gasteiger partial charge on any atom is -0.393 e. The molecule has 7 nitrogen and oxygen atoms in total. The largest absolute Gasteiger partial charge is 0.393 e. The lowest BCUT2D eigenvalue weighted by atomic mass is 10.1. The lowest BCUT2D eigenvalue weighted by Gasteiger charge is -2.31. The number of amides is 1. The summed E-state index contributed by atoms with van der Waals surface area (Å²) < 4.78 is 2.09. The second-order valence-corrected chi connectivity index (χ2v) is 7.38. The number of nitrogens with zero attached hydrogens (tertiary/aromatic N) is 5. The Morgan fingerprint density at radius 3 is 2.66 bits per heavy atom. The minimum absolute atomic E-state index is 0.0394. The summed E-state index contributed by atoms with van der Waals surface area (Å²) in [6, 6.07) is 7.73. The van der Waals surface area contributed by atoms with Crippen molar-refractivity contribution in [3.63, 3.8) is 0 Å². The summed E-state index contributed by atoms with van der Waals surface area (Å²) in [6.07, 6.45) is 6.68. The smallest absolute Gasteiger partial charge is 0.253 e. The van der Waals surface area contributed by atoms with Gasteiger partial charge in [0.1, 0.15) is 5.82 Å². The summed E-state index contributed by atoms with van der Waals surface area (Å²) in [5.74, 6) is 1.000. The molecular formula is C22H27N5O2. The number of aromatic nitrogens is 3. The van der Waals surface area contributed by atoms with Gasteiger partial charge in [-0.25, -0.2) is 4.98 Å². The number of aliphatic hydroxyl groups excluding tert-OH is 1. The van der Waals surface area contributed by atoms with Gasteiger partial charge in [-0.3, -0.25) is 14.2 Å². The molecule has 152 valence electrons. The molecule has 1 amide bonds. The van der Waals surface area contributed by atoms with Crippen LogP contribution in [0.4, 0.5) is 5.82 Å². The summed E-state index contributed by atoms with van der Waals surface area (Å²) in [7, 11) is 0. The average Bonchev–Trinajstić information content (AvgIpc) is 3.20. The van der Waals surface area contributed by atoms with Crippen LogP contribution in [0.15, 0.2) is 42.9 Å². The quantitative estimate of drug-likeness (QED) is 0.722. The lowest BCUT2D eigenvalue weighted by molar-refractivity contribution is 0.0773. The maximum atomic E-state index is 12.8. The van der Waals surface area contributed by atoms with Crippen molar-refractivity contribution in [1.29, 1.82) is 0 Å². The molecule has 2 aromatic heterocycles. The Morgan fingerprint density at radius 1 is 1.17 bits per heavy atom. The Labute approximate surface area is 170 Å². The third kappa shape index (κ3) is 3.70. The summed E-state index contributed by atoms with van der Waals surface area (Å²) in [5.41, 5.74) is 3.32. The van der Waals surface area contributed by atoms with Crippen molar-refractivity contribution in [2.45, 2.75) is 32.8 Å². The highest BCUT2D eigenvalue weighted by atomic mass is 16.3. The highest BCUT2D eigenvalue weighted by Crippen LogP contribution is 2.28. The van der Waals surface area contributed by atoms with Crippen LogP contribution < -0.4 is 4.90 Å².